The standard InChI is InChI=1S/C14H13ClN2O2/c1-8-5-6-9(15)7-12(8)17-14(19)10-3-2-4-11(16)13(10)18/h2-7,18H,16H2,1H3,(H,17,19). The van der Waals surface area contributed by atoms with Gasteiger partial charge in [0.05, 0.1) is 11.3 Å². The Kier molecular flexibility index (Phi) is 3.62. The predicted octanol–water partition coefficient (Wildman–Crippen LogP) is 3.19. The molecule has 0 saturated heterocycles. The molecule has 0 heterocycles. The quantitative estimate of drug-likeness (QED) is 0.582. The van der Waals surface area contributed by atoms with Crippen LogP contribution in [0.2, 0.25) is 5.02 Å². The number of rotatable bonds is 2. The first-order chi connectivity index (χ1) is 8.99. The zero-order chi connectivity index (χ0) is 14.0. The molecule has 0 aliphatic rings. The third kappa shape index (κ3) is 2.80. The molecule has 98 valence electrons. The van der Waals surface area contributed by atoms with E-state index in [0.717, 1.165) is 5.56 Å². The Morgan fingerprint density at radius 2 is 2.05 bits per heavy atom. The summed E-state index contributed by atoms with van der Waals surface area (Å²) in [6.07, 6.45) is 0. The van der Waals surface area contributed by atoms with Gasteiger partial charge in [-0.1, -0.05) is 23.7 Å². The molecule has 2 aromatic carbocycles. The zero-order valence-electron chi connectivity index (χ0n) is 10.3. The van der Waals surface area contributed by atoms with Gasteiger partial charge in [0.25, 0.3) is 5.91 Å². The average molecular weight is 277 g/mol. The molecular weight excluding hydrogens is 264 g/mol. The number of phenolic OH excluding ortho intramolecular Hbond substituents is 1. The number of halogens is 1. The lowest BCUT2D eigenvalue weighted by atomic mass is 10.1. The molecule has 0 fully saturated rings. The number of para-hydroxylation sites is 1. The molecule has 0 spiro atoms. The van der Waals surface area contributed by atoms with E-state index in [9.17, 15) is 9.90 Å². The Morgan fingerprint density at radius 1 is 1.32 bits per heavy atom. The van der Waals surface area contributed by atoms with Crippen LogP contribution in [0.25, 0.3) is 0 Å². The minimum atomic E-state index is -0.435. The predicted molar refractivity (Wildman–Crippen MR) is 76.7 cm³/mol. The number of hydrogen-bond donors (Lipinski definition) is 3. The minimum absolute atomic E-state index is 0.124. The number of amides is 1. The molecule has 0 saturated carbocycles. The molecule has 2 aromatic rings. The molecule has 0 bridgehead atoms. The van der Waals surface area contributed by atoms with E-state index in [1.807, 2.05) is 6.92 Å². The Balaban J connectivity index is 2.31. The number of carbonyl (C=O) groups is 1. The third-order valence-corrected chi connectivity index (χ3v) is 2.99. The number of hydrogen-bond acceptors (Lipinski definition) is 3. The Labute approximate surface area is 115 Å². The van der Waals surface area contributed by atoms with Gasteiger partial charge >= 0.3 is 0 Å². The highest BCUT2D eigenvalue weighted by Gasteiger charge is 2.14. The van der Waals surface area contributed by atoms with Crippen molar-refractivity contribution < 1.29 is 9.90 Å². The lowest BCUT2D eigenvalue weighted by Gasteiger charge is -2.10. The van der Waals surface area contributed by atoms with Gasteiger partial charge in [-0.15, -0.1) is 0 Å². The lowest BCUT2D eigenvalue weighted by molar-refractivity contribution is 0.102. The monoisotopic (exact) mass is 276 g/mol. The number of aromatic hydroxyl groups is 1. The summed E-state index contributed by atoms with van der Waals surface area (Å²) >= 11 is 5.88. The molecule has 4 N–H and O–H groups in total. The molecule has 2 rings (SSSR count). The van der Waals surface area contributed by atoms with Crippen molar-refractivity contribution in [3.8, 4) is 5.75 Å². The van der Waals surface area contributed by atoms with Crippen molar-refractivity contribution in [2.45, 2.75) is 6.92 Å². The lowest BCUT2D eigenvalue weighted by Crippen LogP contribution is -2.13. The summed E-state index contributed by atoms with van der Waals surface area (Å²) in [6, 6.07) is 9.83. The summed E-state index contributed by atoms with van der Waals surface area (Å²) in [5.41, 5.74) is 7.31. The van der Waals surface area contributed by atoms with E-state index in [1.54, 1.807) is 24.3 Å². The smallest absolute Gasteiger partial charge is 0.259 e. The molecule has 5 heteroatoms. The maximum atomic E-state index is 12.1. The first-order valence-electron chi connectivity index (χ1n) is 5.64. The van der Waals surface area contributed by atoms with Gasteiger partial charge in [0.15, 0.2) is 5.75 Å². The van der Waals surface area contributed by atoms with Crippen molar-refractivity contribution in [1.82, 2.24) is 0 Å². The average Bonchev–Trinajstić information content (AvgIpc) is 2.37. The van der Waals surface area contributed by atoms with E-state index >= 15 is 0 Å². The third-order valence-electron chi connectivity index (χ3n) is 2.76. The molecule has 19 heavy (non-hydrogen) atoms. The van der Waals surface area contributed by atoms with Crippen molar-refractivity contribution in [2.75, 3.05) is 11.1 Å². The maximum Gasteiger partial charge on any atom is 0.259 e. The number of nitrogens with two attached hydrogens (primary N) is 1. The second kappa shape index (κ2) is 5.20. The highest BCUT2D eigenvalue weighted by molar-refractivity contribution is 6.31. The van der Waals surface area contributed by atoms with Gasteiger partial charge in [0.2, 0.25) is 0 Å². The van der Waals surface area contributed by atoms with Crippen LogP contribution in [0.1, 0.15) is 15.9 Å². The molecular formula is C14H13ClN2O2. The molecule has 0 unspecified atom stereocenters. The number of phenols is 1. The van der Waals surface area contributed by atoms with E-state index in [0.29, 0.717) is 10.7 Å². The molecule has 0 aromatic heterocycles. The number of anilines is 2. The molecule has 0 atom stereocenters. The summed E-state index contributed by atoms with van der Waals surface area (Å²) in [7, 11) is 0. The van der Waals surface area contributed by atoms with Gasteiger partial charge in [-0.25, -0.2) is 0 Å². The fourth-order valence-corrected chi connectivity index (χ4v) is 1.84. The van der Waals surface area contributed by atoms with Crippen LogP contribution < -0.4 is 11.1 Å². The normalized spacial score (nSPS) is 10.2. The molecule has 0 aliphatic heterocycles. The highest BCUT2D eigenvalue weighted by atomic mass is 35.5. The van der Waals surface area contributed by atoms with E-state index in [4.69, 9.17) is 17.3 Å². The summed E-state index contributed by atoms with van der Waals surface area (Å²) in [4.78, 5) is 12.1. The summed E-state index contributed by atoms with van der Waals surface area (Å²) in [5, 5.41) is 13.0. The van der Waals surface area contributed by atoms with Crippen LogP contribution in [0.5, 0.6) is 5.75 Å². The van der Waals surface area contributed by atoms with E-state index in [1.165, 1.54) is 12.1 Å². The van der Waals surface area contributed by atoms with Crippen LogP contribution in [-0.4, -0.2) is 11.0 Å². The van der Waals surface area contributed by atoms with Crippen LogP contribution in [0.4, 0.5) is 11.4 Å². The van der Waals surface area contributed by atoms with Crippen molar-refractivity contribution in [3.05, 3.63) is 52.5 Å². The van der Waals surface area contributed by atoms with Gasteiger partial charge < -0.3 is 16.2 Å². The van der Waals surface area contributed by atoms with Crippen LogP contribution in [-0.2, 0) is 0 Å². The van der Waals surface area contributed by atoms with Crippen molar-refractivity contribution in [3.63, 3.8) is 0 Å². The SMILES string of the molecule is Cc1ccc(Cl)cc1NC(=O)c1cccc(N)c1O. The van der Waals surface area contributed by atoms with Gasteiger partial charge in [-0.3, -0.25) is 4.79 Å². The molecule has 4 nitrogen and oxygen atoms in total. The largest absolute Gasteiger partial charge is 0.505 e. The highest BCUT2D eigenvalue weighted by Crippen LogP contribution is 2.26. The number of carbonyl (C=O) groups excluding carboxylic acids is 1. The summed E-state index contributed by atoms with van der Waals surface area (Å²) in [5.74, 6) is -0.658. The van der Waals surface area contributed by atoms with Crippen molar-refractivity contribution >= 4 is 28.9 Å². The van der Waals surface area contributed by atoms with Gasteiger partial charge in [0, 0.05) is 10.7 Å². The Morgan fingerprint density at radius 3 is 2.79 bits per heavy atom. The van der Waals surface area contributed by atoms with E-state index in [2.05, 4.69) is 5.32 Å². The number of nitrogens with one attached hydrogen (secondary N) is 1. The number of benzene rings is 2. The van der Waals surface area contributed by atoms with Crippen LogP contribution >= 0.6 is 11.6 Å². The van der Waals surface area contributed by atoms with Crippen LogP contribution in [0.3, 0.4) is 0 Å². The second-order valence-corrected chi connectivity index (χ2v) is 4.59. The maximum absolute atomic E-state index is 12.1. The topological polar surface area (TPSA) is 75.4 Å². The zero-order valence-corrected chi connectivity index (χ0v) is 11.0. The van der Waals surface area contributed by atoms with Gasteiger partial charge in [-0.2, -0.15) is 0 Å². The number of nitrogen functional groups attached to an aromatic ring is 1. The van der Waals surface area contributed by atoms with E-state index < -0.39 is 5.91 Å². The molecule has 0 aliphatic carbocycles. The molecule has 0 radical (unpaired) electrons. The second-order valence-electron chi connectivity index (χ2n) is 4.16. The van der Waals surface area contributed by atoms with E-state index in [-0.39, 0.29) is 17.0 Å². The summed E-state index contributed by atoms with van der Waals surface area (Å²) in [6.45, 7) is 1.85. The first kappa shape index (κ1) is 13.2. The fourth-order valence-electron chi connectivity index (χ4n) is 1.66. The Bertz CT molecular complexity index is 641. The fraction of sp³-hybridized carbons (Fsp3) is 0.0714. The summed E-state index contributed by atoms with van der Waals surface area (Å²) < 4.78 is 0. The Hall–Kier alpha value is -2.20. The van der Waals surface area contributed by atoms with Gasteiger partial charge in [-0.05, 0) is 36.8 Å². The first-order valence-corrected chi connectivity index (χ1v) is 6.02. The van der Waals surface area contributed by atoms with Crippen LogP contribution in [0, 0.1) is 6.92 Å². The van der Waals surface area contributed by atoms with Gasteiger partial charge in [0.1, 0.15) is 0 Å². The number of aryl methyl sites for hydroxylation is 1. The van der Waals surface area contributed by atoms with Crippen molar-refractivity contribution in [1.29, 1.82) is 0 Å². The van der Waals surface area contributed by atoms with Crippen LogP contribution in [0.15, 0.2) is 36.4 Å². The van der Waals surface area contributed by atoms with Crippen molar-refractivity contribution in [2.24, 2.45) is 0 Å². The minimum Gasteiger partial charge on any atom is -0.505 e. The molecule has 1 amide bonds.